The lowest BCUT2D eigenvalue weighted by molar-refractivity contribution is -0.143. The Labute approximate surface area is 392 Å². The maximum Gasteiger partial charge on any atom is 0.326 e. The van der Waals surface area contributed by atoms with Crippen LogP contribution < -0.4 is 65.9 Å². The molecule has 28 nitrogen and oxygen atoms in total. The summed E-state index contributed by atoms with van der Waals surface area (Å²) in [5.41, 5.74) is 27.8. The van der Waals surface area contributed by atoms with Gasteiger partial charge in [0.2, 0.25) is 53.2 Å². The van der Waals surface area contributed by atoms with E-state index in [2.05, 4.69) is 52.2 Å². The number of unbranched alkanes of at least 4 members (excludes halogenated alkanes) is 1. The number of carbonyl (C=O) groups excluding carboxylic acids is 9. The number of hydrogen-bond acceptors (Lipinski definition) is 15. The Morgan fingerprint density at radius 1 is 0.824 bits per heavy atom. The van der Waals surface area contributed by atoms with E-state index in [1.54, 1.807) is 13.8 Å². The number of imidazole rings is 1. The fraction of sp³-hybridized carbons (Fsp3) is 0.650. The Morgan fingerprint density at radius 2 is 1.50 bits per heavy atom. The summed E-state index contributed by atoms with van der Waals surface area (Å²) in [6, 6.07) is -10.5. The van der Waals surface area contributed by atoms with Crippen LogP contribution in [0.25, 0.3) is 0 Å². The summed E-state index contributed by atoms with van der Waals surface area (Å²) < 4.78 is 0. The van der Waals surface area contributed by atoms with E-state index in [0.717, 1.165) is 0 Å². The molecular weight excluding hydrogens is 897 g/mol. The molecule has 0 saturated carbocycles. The standard InChI is InChI=1S/C40H68N16O12/c1-20(2)31(37(65)52-25(15-29(43)58)35(63)53-26(39(67)68)14-22-16-46-19-49-22)55-36(64)28-10-7-13-56(28)38(66)24(9-4-5-11-41)51-30(59)17-48-34(62)27(18-57)54-32(60)21(3)50-33(61)23(42)8-6-12-47-40(44)45/h16,19-21,23-28,31,57H,4-15,17-18,41-42H2,1-3H3,(H2,43,58)(H,46,49)(H,48,62)(H,50,61)(H,51,59)(H,52,65)(H,53,63)(H,54,60)(H,55,64)(H,67,68)(H4,44,45,47). The maximum absolute atomic E-state index is 14.1. The third kappa shape index (κ3) is 19.5. The van der Waals surface area contributed by atoms with Gasteiger partial charge in [-0.3, -0.25) is 48.1 Å². The summed E-state index contributed by atoms with van der Waals surface area (Å²) in [5.74, 6) is -9.74. The van der Waals surface area contributed by atoms with Crippen molar-refractivity contribution in [3.8, 4) is 0 Å². The van der Waals surface area contributed by atoms with E-state index in [-0.39, 0.29) is 51.3 Å². The molecule has 2 heterocycles. The Bertz CT molecular complexity index is 1930. The summed E-state index contributed by atoms with van der Waals surface area (Å²) in [4.78, 5) is 142. The van der Waals surface area contributed by atoms with E-state index >= 15 is 0 Å². The van der Waals surface area contributed by atoms with Crippen molar-refractivity contribution in [3.63, 3.8) is 0 Å². The first-order chi connectivity index (χ1) is 32.1. The normalized spacial score (nSPS) is 16.3. The van der Waals surface area contributed by atoms with Crippen LogP contribution in [0.3, 0.4) is 0 Å². The third-order valence-corrected chi connectivity index (χ3v) is 10.6. The summed E-state index contributed by atoms with van der Waals surface area (Å²) in [6.45, 7) is 3.54. The Kier molecular flexibility index (Phi) is 24.4. The number of nitrogens with zero attached hydrogens (tertiary/aromatic N) is 3. The predicted molar refractivity (Wildman–Crippen MR) is 241 cm³/mol. The number of rotatable bonds is 30. The number of aliphatic hydroxyl groups excluding tert-OH is 1. The molecule has 380 valence electrons. The monoisotopic (exact) mass is 965 g/mol. The average molecular weight is 965 g/mol. The zero-order valence-electron chi connectivity index (χ0n) is 38.5. The molecule has 28 heteroatoms. The molecule has 2 rings (SSSR count). The first-order valence-electron chi connectivity index (χ1n) is 22.1. The van der Waals surface area contributed by atoms with Crippen molar-refractivity contribution < 1.29 is 58.2 Å². The highest BCUT2D eigenvalue weighted by molar-refractivity contribution is 5.98. The van der Waals surface area contributed by atoms with Crippen molar-refractivity contribution in [2.24, 2.45) is 39.6 Å². The van der Waals surface area contributed by atoms with Crippen LogP contribution in [-0.2, 0) is 54.4 Å². The smallest absolute Gasteiger partial charge is 0.326 e. The van der Waals surface area contributed by atoms with Crippen LogP contribution in [0.15, 0.2) is 17.5 Å². The number of carboxylic acid groups (broad SMARTS) is 1. The van der Waals surface area contributed by atoms with Crippen molar-refractivity contribution in [1.82, 2.24) is 52.1 Å². The number of carboxylic acids is 1. The minimum absolute atomic E-state index is 0.0877. The zero-order valence-corrected chi connectivity index (χ0v) is 38.5. The van der Waals surface area contributed by atoms with E-state index in [0.29, 0.717) is 31.4 Å². The molecule has 1 aromatic rings. The topological polar surface area (TPSA) is 470 Å². The molecule has 1 aliphatic heterocycles. The SMILES string of the molecule is CC(NC(=O)C(N)CCCN=C(N)N)C(=O)NC(CO)C(=O)NCC(=O)NC(CCCCN)C(=O)N1CCCC1C(=O)NC(C(=O)NC(CC(N)=O)C(=O)NC(Cc1cnc[nH]1)C(=O)O)C(C)C. The van der Waals surface area contributed by atoms with Gasteiger partial charge in [-0.15, -0.1) is 0 Å². The minimum Gasteiger partial charge on any atom is -0.480 e. The van der Waals surface area contributed by atoms with Gasteiger partial charge in [0.1, 0.15) is 42.3 Å². The molecule has 8 atom stereocenters. The van der Waals surface area contributed by atoms with Crippen LogP contribution >= 0.6 is 0 Å². The van der Waals surface area contributed by atoms with E-state index in [1.807, 2.05) is 0 Å². The lowest BCUT2D eigenvalue weighted by Gasteiger charge is -2.31. The van der Waals surface area contributed by atoms with E-state index in [9.17, 15) is 58.2 Å². The molecule has 1 fully saturated rings. The van der Waals surface area contributed by atoms with Gasteiger partial charge in [0.25, 0.3) is 0 Å². The van der Waals surface area contributed by atoms with Gasteiger partial charge in [0.15, 0.2) is 5.96 Å². The van der Waals surface area contributed by atoms with Crippen LogP contribution in [0.1, 0.15) is 77.8 Å². The number of aromatic amines is 1. The highest BCUT2D eigenvalue weighted by Gasteiger charge is 2.40. The highest BCUT2D eigenvalue weighted by Crippen LogP contribution is 2.21. The molecule has 68 heavy (non-hydrogen) atoms. The molecule has 1 aromatic heterocycles. The lowest BCUT2D eigenvalue weighted by atomic mass is 10.0. The van der Waals surface area contributed by atoms with E-state index in [4.69, 9.17) is 28.7 Å². The first kappa shape index (κ1) is 57.2. The number of guanidine groups is 1. The fourth-order valence-corrected chi connectivity index (χ4v) is 6.86. The number of likely N-dealkylation sites (tertiary alicyclic amines) is 1. The number of H-pyrrole nitrogens is 1. The molecule has 20 N–H and O–H groups in total. The maximum atomic E-state index is 14.1. The van der Waals surface area contributed by atoms with Gasteiger partial charge < -0.3 is 86.0 Å². The molecule has 0 aliphatic carbocycles. The zero-order chi connectivity index (χ0) is 51.1. The average Bonchev–Trinajstić information content (AvgIpc) is 3.99. The molecule has 1 aliphatic rings. The van der Waals surface area contributed by atoms with Crippen molar-refractivity contribution in [2.75, 3.05) is 32.8 Å². The predicted octanol–water partition coefficient (Wildman–Crippen LogP) is -6.89. The Hall–Kier alpha value is -6.94. The number of nitrogens with two attached hydrogens (primary N) is 5. The van der Waals surface area contributed by atoms with Crippen molar-refractivity contribution in [1.29, 1.82) is 0 Å². The van der Waals surface area contributed by atoms with Gasteiger partial charge >= 0.3 is 5.97 Å². The molecule has 1 saturated heterocycles. The second-order valence-corrected chi connectivity index (χ2v) is 16.5. The highest BCUT2D eigenvalue weighted by atomic mass is 16.4. The number of hydrogen-bond donors (Lipinski definition) is 15. The number of primary amides is 1. The van der Waals surface area contributed by atoms with E-state index in [1.165, 1.54) is 24.3 Å². The van der Waals surface area contributed by atoms with Crippen molar-refractivity contribution >= 4 is 65.1 Å². The molecule has 8 unspecified atom stereocenters. The number of amides is 9. The van der Waals surface area contributed by atoms with Crippen LogP contribution in [0.4, 0.5) is 0 Å². The van der Waals surface area contributed by atoms with Crippen LogP contribution in [0.5, 0.6) is 0 Å². The van der Waals surface area contributed by atoms with Crippen LogP contribution in [0, 0.1) is 5.92 Å². The van der Waals surface area contributed by atoms with Gasteiger partial charge in [-0.05, 0) is 64.3 Å². The second-order valence-electron chi connectivity index (χ2n) is 16.5. The number of aromatic nitrogens is 2. The summed E-state index contributed by atoms with van der Waals surface area (Å²) in [5, 5.41) is 36.4. The van der Waals surface area contributed by atoms with Crippen molar-refractivity contribution in [2.45, 2.75) is 127 Å². The minimum atomic E-state index is -1.63. The largest absolute Gasteiger partial charge is 0.480 e. The first-order valence-corrected chi connectivity index (χ1v) is 22.1. The third-order valence-electron chi connectivity index (χ3n) is 10.6. The number of carbonyl (C=O) groups is 10. The molecule has 0 radical (unpaired) electrons. The number of aliphatic hydroxyl groups is 1. The Morgan fingerprint density at radius 3 is 2.09 bits per heavy atom. The van der Waals surface area contributed by atoms with E-state index < -0.39 is 133 Å². The number of nitrogens with one attached hydrogen (secondary N) is 8. The summed E-state index contributed by atoms with van der Waals surface area (Å²) in [7, 11) is 0. The van der Waals surface area contributed by atoms with Gasteiger partial charge in [0.05, 0.1) is 31.9 Å². The summed E-state index contributed by atoms with van der Waals surface area (Å²) in [6.07, 6.45) is 3.84. The summed E-state index contributed by atoms with van der Waals surface area (Å²) >= 11 is 0. The number of aliphatic carboxylic acids is 1. The van der Waals surface area contributed by atoms with Crippen molar-refractivity contribution in [3.05, 3.63) is 18.2 Å². The van der Waals surface area contributed by atoms with Crippen LogP contribution in [0.2, 0.25) is 0 Å². The van der Waals surface area contributed by atoms with Gasteiger partial charge in [0, 0.05) is 31.4 Å². The molecule has 9 amide bonds. The van der Waals surface area contributed by atoms with Gasteiger partial charge in [-0.2, -0.15) is 0 Å². The van der Waals surface area contributed by atoms with Crippen LogP contribution in [-0.4, -0.2) is 171 Å². The number of aliphatic imine (C=N–C) groups is 1. The second kappa shape index (κ2) is 29.0. The molecule has 0 bridgehead atoms. The molecular formula is C40H68N16O12. The molecule has 0 spiro atoms. The fourth-order valence-electron chi connectivity index (χ4n) is 6.86. The van der Waals surface area contributed by atoms with Gasteiger partial charge in [-0.25, -0.2) is 9.78 Å². The lowest BCUT2D eigenvalue weighted by Crippen LogP contribution is -2.60. The molecule has 0 aromatic carbocycles. The van der Waals surface area contributed by atoms with Gasteiger partial charge in [-0.1, -0.05) is 13.8 Å². The quantitative estimate of drug-likeness (QED) is 0.0194. The Balaban J connectivity index is 2.09.